The van der Waals surface area contributed by atoms with Crippen molar-refractivity contribution in [1.82, 2.24) is 0 Å². The molecular weight excluding hydrogens is 272 g/mol. The Bertz CT molecular complexity index is 422. The van der Waals surface area contributed by atoms with Gasteiger partial charge in [0.1, 0.15) is 17.5 Å². The van der Waals surface area contributed by atoms with E-state index in [1.807, 2.05) is 24.3 Å². The molecule has 0 saturated carbocycles. The molecule has 0 spiro atoms. The monoisotopic (exact) mass is 283 g/mol. The standard InChI is InChI=1S/C11H11BrN2O2/c1-7(13)10(11(15)16)6-14-9-4-2-8(12)3-5-9/h2-6,13-14H,1H3,(H,15,16)/p+1. The molecule has 4 N–H and O–H groups in total. The number of carboxylic acids is 1. The van der Waals surface area contributed by atoms with Gasteiger partial charge in [0.25, 0.3) is 0 Å². The van der Waals surface area contributed by atoms with Gasteiger partial charge in [-0.2, -0.15) is 0 Å². The topological polar surface area (TPSA) is 77.8 Å². The van der Waals surface area contributed by atoms with Gasteiger partial charge in [0, 0.05) is 22.3 Å². The number of nitrogens with two attached hydrogens (primary N) is 1. The lowest BCUT2D eigenvalue weighted by atomic mass is 10.2. The molecule has 0 aliphatic rings. The summed E-state index contributed by atoms with van der Waals surface area (Å²) in [5, 5.41) is 17.8. The van der Waals surface area contributed by atoms with Gasteiger partial charge in [-0.1, -0.05) is 15.9 Å². The molecule has 0 aromatic heterocycles. The molecule has 4 nitrogen and oxygen atoms in total. The number of aliphatic carboxylic acids is 1. The van der Waals surface area contributed by atoms with Gasteiger partial charge in [-0.3, -0.25) is 5.32 Å². The van der Waals surface area contributed by atoms with Crippen LogP contribution in [0.4, 0.5) is 5.69 Å². The van der Waals surface area contributed by atoms with Gasteiger partial charge >= 0.3 is 5.97 Å². The normalized spacial score (nSPS) is 11.2. The molecule has 1 aromatic carbocycles. The van der Waals surface area contributed by atoms with Crippen LogP contribution in [-0.2, 0) is 4.79 Å². The molecule has 84 valence electrons. The number of carboxylic acid groups (broad SMARTS) is 1. The van der Waals surface area contributed by atoms with Crippen molar-refractivity contribution in [3.8, 4) is 0 Å². The number of benzene rings is 1. The van der Waals surface area contributed by atoms with E-state index in [2.05, 4.69) is 15.9 Å². The van der Waals surface area contributed by atoms with E-state index >= 15 is 0 Å². The molecule has 0 bridgehead atoms. The molecule has 16 heavy (non-hydrogen) atoms. The van der Waals surface area contributed by atoms with E-state index in [-0.39, 0.29) is 11.3 Å². The molecular formula is C11H12BrN2O2+. The SMILES string of the molecule is CC(=N)C(=C[NH2+]c1ccc(Br)cc1)C(=O)O. The molecule has 0 saturated heterocycles. The zero-order valence-corrected chi connectivity index (χ0v) is 10.3. The Morgan fingerprint density at radius 1 is 1.44 bits per heavy atom. The van der Waals surface area contributed by atoms with Gasteiger partial charge in [0.15, 0.2) is 0 Å². The van der Waals surface area contributed by atoms with E-state index in [4.69, 9.17) is 10.5 Å². The fraction of sp³-hybridized carbons (Fsp3) is 0.0909. The van der Waals surface area contributed by atoms with E-state index in [9.17, 15) is 4.79 Å². The minimum atomic E-state index is -1.08. The van der Waals surface area contributed by atoms with Crippen LogP contribution in [-0.4, -0.2) is 16.8 Å². The molecule has 0 radical (unpaired) electrons. The summed E-state index contributed by atoms with van der Waals surface area (Å²) in [5.74, 6) is -1.08. The number of rotatable bonds is 4. The van der Waals surface area contributed by atoms with Gasteiger partial charge in [-0.15, -0.1) is 0 Å². The summed E-state index contributed by atoms with van der Waals surface area (Å²) in [5.41, 5.74) is 0.937. The lowest BCUT2D eigenvalue weighted by molar-refractivity contribution is -0.496. The number of quaternary nitrogens is 1. The van der Waals surface area contributed by atoms with Crippen LogP contribution in [0.15, 0.2) is 40.5 Å². The van der Waals surface area contributed by atoms with Crippen LogP contribution in [0.5, 0.6) is 0 Å². The van der Waals surface area contributed by atoms with Crippen LogP contribution < -0.4 is 5.32 Å². The second kappa shape index (κ2) is 5.58. The maximum atomic E-state index is 10.8. The number of carbonyl (C=O) groups is 1. The van der Waals surface area contributed by atoms with Crippen molar-refractivity contribution < 1.29 is 15.2 Å². The molecule has 0 aliphatic heterocycles. The van der Waals surface area contributed by atoms with E-state index in [1.165, 1.54) is 13.1 Å². The van der Waals surface area contributed by atoms with Crippen LogP contribution in [0.1, 0.15) is 6.92 Å². The third kappa shape index (κ3) is 3.60. The summed E-state index contributed by atoms with van der Waals surface area (Å²) in [4.78, 5) is 10.8. The number of halogens is 1. The Balaban J connectivity index is 2.81. The highest BCUT2D eigenvalue weighted by Crippen LogP contribution is 2.10. The quantitative estimate of drug-likeness (QED) is 0.446. The summed E-state index contributed by atoms with van der Waals surface area (Å²) in [6.45, 7) is 1.45. The predicted molar refractivity (Wildman–Crippen MR) is 64.8 cm³/mol. The molecule has 0 aliphatic carbocycles. The van der Waals surface area contributed by atoms with Crippen LogP contribution in [0, 0.1) is 5.41 Å². The average Bonchev–Trinajstić information content (AvgIpc) is 2.20. The lowest BCUT2D eigenvalue weighted by Crippen LogP contribution is -2.71. The number of nitrogens with one attached hydrogen (secondary N) is 1. The first-order valence-electron chi connectivity index (χ1n) is 4.60. The summed E-state index contributed by atoms with van der Waals surface area (Å²) in [6, 6.07) is 7.47. The first kappa shape index (κ1) is 12.6. The molecule has 1 aromatic rings. The fourth-order valence-electron chi connectivity index (χ4n) is 1.11. The second-order valence-electron chi connectivity index (χ2n) is 3.23. The van der Waals surface area contributed by atoms with Crippen molar-refractivity contribution in [3.63, 3.8) is 0 Å². The third-order valence-electron chi connectivity index (χ3n) is 1.95. The fourth-order valence-corrected chi connectivity index (χ4v) is 1.37. The first-order valence-corrected chi connectivity index (χ1v) is 5.39. The molecule has 0 fully saturated rings. The summed E-state index contributed by atoms with van der Waals surface area (Å²) >= 11 is 3.31. The molecule has 0 atom stereocenters. The van der Waals surface area contributed by atoms with Crippen molar-refractivity contribution in [1.29, 1.82) is 5.41 Å². The predicted octanol–water partition coefficient (Wildman–Crippen LogP) is 1.65. The maximum absolute atomic E-state index is 10.8. The highest BCUT2D eigenvalue weighted by Gasteiger charge is 2.11. The van der Waals surface area contributed by atoms with Crippen molar-refractivity contribution >= 4 is 33.3 Å². The van der Waals surface area contributed by atoms with E-state index < -0.39 is 5.97 Å². The van der Waals surface area contributed by atoms with Gasteiger partial charge in [-0.05, 0) is 19.1 Å². The minimum absolute atomic E-state index is 0.00270. The average molecular weight is 284 g/mol. The van der Waals surface area contributed by atoms with E-state index in [1.54, 1.807) is 5.32 Å². The van der Waals surface area contributed by atoms with Crippen molar-refractivity contribution in [2.24, 2.45) is 0 Å². The van der Waals surface area contributed by atoms with Crippen LogP contribution >= 0.6 is 15.9 Å². The lowest BCUT2D eigenvalue weighted by Gasteiger charge is -1.98. The Morgan fingerprint density at radius 2 is 2.00 bits per heavy atom. The molecule has 0 unspecified atom stereocenters. The van der Waals surface area contributed by atoms with Gasteiger partial charge in [-0.25, -0.2) is 4.79 Å². The first-order chi connectivity index (χ1) is 7.50. The Kier molecular flexibility index (Phi) is 4.39. The highest BCUT2D eigenvalue weighted by atomic mass is 79.9. The summed E-state index contributed by atoms with van der Waals surface area (Å²) < 4.78 is 0.968. The molecule has 5 heteroatoms. The van der Waals surface area contributed by atoms with Gasteiger partial charge in [0.2, 0.25) is 0 Å². The van der Waals surface area contributed by atoms with Gasteiger partial charge < -0.3 is 10.5 Å². The highest BCUT2D eigenvalue weighted by molar-refractivity contribution is 9.10. The molecule has 1 rings (SSSR count). The Morgan fingerprint density at radius 3 is 2.44 bits per heavy atom. The Labute approximate surface area is 102 Å². The zero-order chi connectivity index (χ0) is 12.1. The third-order valence-corrected chi connectivity index (χ3v) is 2.48. The smallest absolute Gasteiger partial charge is 0.342 e. The largest absolute Gasteiger partial charge is 0.477 e. The number of hydrogen-bond acceptors (Lipinski definition) is 2. The molecule has 0 amide bonds. The van der Waals surface area contributed by atoms with Crippen molar-refractivity contribution in [2.45, 2.75) is 6.92 Å². The van der Waals surface area contributed by atoms with Crippen LogP contribution in [0.3, 0.4) is 0 Å². The Hall–Kier alpha value is -1.46. The minimum Gasteiger partial charge on any atom is -0.477 e. The van der Waals surface area contributed by atoms with E-state index in [0.29, 0.717) is 0 Å². The van der Waals surface area contributed by atoms with Crippen molar-refractivity contribution in [2.75, 3.05) is 0 Å². The summed E-state index contributed by atoms with van der Waals surface area (Å²) in [6.07, 6.45) is 1.44. The van der Waals surface area contributed by atoms with Crippen molar-refractivity contribution in [3.05, 3.63) is 40.5 Å². The zero-order valence-electron chi connectivity index (χ0n) is 8.70. The second-order valence-corrected chi connectivity index (χ2v) is 4.14. The number of hydrogen-bond donors (Lipinski definition) is 3. The molecule has 0 heterocycles. The van der Waals surface area contributed by atoms with Crippen LogP contribution in [0.2, 0.25) is 0 Å². The summed E-state index contributed by atoms with van der Waals surface area (Å²) in [7, 11) is 0. The van der Waals surface area contributed by atoms with Crippen LogP contribution in [0.25, 0.3) is 0 Å². The van der Waals surface area contributed by atoms with Gasteiger partial charge in [0.05, 0.1) is 0 Å². The van der Waals surface area contributed by atoms with E-state index in [0.717, 1.165) is 10.2 Å². The maximum Gasteiger partial charge on any atom is 0.342 e.